The molecule has 0 saturated heterocycles. The Morgan fingerprint density at radius 1 is 1.64 bits per heavy atom. The number of nitrogens with two attached hydrogens (primary N) is 1. The molecule has 62 valence electrons. The molecule has 1 aromatic rings. The lowest BCUT2D eigenvalue weighted by Crippen LogP contribution is -2.09. The van der Waals surface area contributed by atoms with Gasteiger partial charge < -0.3 is 5.73 Å². The lowest BCUT2D eigenvalue weighted by atomic mass is 10.1. The van der Waals surface area contributed by atoms with Crippen LogP contribution in [-0.4, -0.2) is 9.59 Å². The third kappa shape index (κ3) is 1.97. The van der Waals surface area contributed by atoms with Crippen LogP contribution in [0.2, 0.25) is 0 Å². The van der Waals surface area contributed by atoms with Crippen molar-refractivity contribution in [1.29, 1.82) is 0 Å². The van der Waals surface area contributed by atoms with E-state index in [1.807, 2.05) is 6.92 Å². The Morgan fingerprint density at radius 3 is 2.82 bits per heavy atom. The molecule has 0 aliphatic heterocycles. The fourth-order valence-corrected chi connectivity index (χ4v) is 1.70. The Bertz CT molecular complexity index is 221. The minimum atomic E-state index is 0.139. The molecule has 0 amide bonds. The third-order valence-corrected chi connectivity index (χ3v) is 2.58. The highest BCUT2D eigenvalue weighted by Crippen LogP contribution is 2.20. The highest BCUT2D eigenvalue weighted by atomic mass is 32.1. The van der Waals surface area contributed by atoms with Crippen LogP contribution in [0.1, 0.15) is 36.4 Å². The van der Waals surface area contributed by atoms with Crippen molar-refractivity contribution in [2.75, 3.05) is 0 Å². The van der Waals surface area contributed by atoms with Crippen molar-refractivity contribution in [2.24, 2.45) is 5.73 Å². The maximum absolute atomic E-state index is 5.88. The smallest absolute Gasteiger partial charge is 0.0772 e. The monoisotopic (exact) mass is 171 g/mol. The summed E-state index contributed by atoms with van der Waals surface area (Å²) >= 11 is 1.41. The van der Waals surface area contributed by atoms with E-state index >= 15 is 0 Å². The molecule has 0 saturated carbocycles. The van der Waals surface area contributed by atoms with Crippen LogP contribution < -0.4 is 5.73 Å². The van der Waals surface area contributed by atoms with Crippen LogP contribution in [0.4, 0.5) is 0 Å². The van der Waals surface area contributed by atoms with Crippen molar-refractivity contribution in [3.8, 4) is 0 Å². The number of hydrogen-bond donors (Lipinski definition) is 1. The van der Waals surface area contributed by atoms with Gasteiger partial charge in [-0.2, -0.15) is 0 Å². The molecule has 3 nitrogen and oxygen atoms in total. The maximum Gasteiger partial charge on any atom is 0.0772 e. The van der Waals surface area contributed by atoms with Crippen LogP contribution in [0, 0.1) is 6.92 Å². The van der Waals surface area contributed by atoms with Crippen molar-refractivity contribution in [3.05, 3.63) is 10.6 Å². The molecule has 4 heteroatoms. The summed E-state index contributed by atoms with van der Waals surface area (Å²) in [5.74, 6) is 0. The first-order valence-corrected chi connectivity index (χ1v) is 4.57. The van der Waals surface area contributed by atoms with Gasteiger partial charge in [-0.25, -0.2) is 0 Å². The van der Waals surface area contributed by atoms with E-state index in [1.165, 1.54) is 11.5 Å². The van der Waals surface area contributed by atoms with Crippen molar-refractivity contribution in [1.82, 2.24) is 9.59 Å². The standard InChI is InChI=1S/C7H13N3S/c1-3-4-6(8)7-5(2)9-10-11-7/h6H,3-4,8H2,1-2H3. The SMILES string of the molecule is CCCC(N)c1snnc1C. The van der Waals surface area contributed by atoms with Crippen LogP contribution in [0.15, 0.2) is 0 Å². The van der Waals surface area contributed by atoms with E-state index in [-0.39, 0.29) is 6.04 Å². The molecular formula is C7H13N3S. The van der Waals surface area contributed by atoms with Gasteiger partial charge in [0.2, 0.25) is 0 Å². The Balaban J connectivity index is 2.67. The van der Waals surface area contributed by atoms with Gasteiger partial charge in [-0.3, -0.25) is 0 Å². The summed E-state index contributed by atoms with van der Waals surface area (Å²) in [6.07, 6.45) is 2.13. The summed E-state index contributed by atoms with van der Waals surface area (Å²) in [7, 11) is 0. The van der Waals surface area contributed by atoms with Crippen LogP contribution in [-0.2, 0) is 0 Å². The lowest BCUT2D eigenvalue weighted by Gasteiger charge is -2.06. The molecule has 1 heterocycles. The minimum absolute atomic E-state index is 0.139. The van der Waals surface area contributed by atoms with E-state index in [0.29, 0.717) is 0 Å². The van der Waals surface area contributed by atoms with Crippen molar-refractivity contribution in [3.63, 3.8) is 0 Å². The first-order valence-electron chi connectivity index (χ1n) is 3.80. The van der Waals surface area contributed by atoms with E-state index in [1.54, 1.807) is 0 Å². The average Bonchev–Trinajstić information content (AvgIpc) is 2.36. The molecule has 2 N–H and O–H groups in total. The molecule has 0 bridgehead atoms. The molecule has 0 fully saturated rings. The summed E-state index contributed by atoms with van der Waals surface area (Å²) in [5, 5.41) is 3.91. The van der Waals surface area contributed by atoms with Gasteiger partial charge in [-0.05, 0) is 24.9 Å². The largest absolute Gasteiger partial charge is 0.323 e. The van der Waals surface area contributed by atoms with Gasteiger partial charge >= 0.3 is 0 Å². The van der Waals surface area contributed by atoms with Crippen LogP contribution >= 0.6 is 11.5 Å². The molecule has 1 unspecified atom stereocenters. The van der Waals surface area contributed by atoms with E-state index < -0.39 is 0 Å². The summed E-state index contributed by atoms with van der Waals surface area (Å²) in [6, 6.07) is 0.139. The van der Waals surface area contributed by atoms with E-state index in [4.69, 9.17) is 5.73 Å². The zero-order valence-electron chi connectivity index (χ0n) is 6.87. The molecule has 1 atom stereocenters. The van der Waals surface area contributed by atoms with Crippen molar-refractivity contribution < 1.29 is 0 Å². The average molecular weight is 171 g/mol. The number of aryl methyl sites for hydroxylation is 1. The zero-order valence-corrected chi connectivity index (χ0v) is 7.69. The zero-order chi connectivity index (χ0) is 8.27. The number of nitrogens with zero attached hydrogens (tertiary/aromatic N) is 2. The highest BCUT2D eigenvalue weighted by Gasteiger charge is 2.10. The van der Waals surface area contributed by atoms with Gasteiger partial charge in [-0.15, -0.1) is 5.10 Å². The van der Waals surface area contributed by atoms with Crippen molar-refractivity contribution in [2.45, 2.75) is 32.7 Å². The Kier molecular flexibility index (Phi) is 2.96. The quantitative estimate of drug-likeness (QED) is 0.752. The molecule has 0 aliphatic carbocycles. The maximum atomic E-state index is 5.88. The van der Waals surface area contributed by atoms with Crippen LogP contribution in [0.3, 0.4) is 0 Å². The molecule has 11 heavy (non-hydrogen) atoms. The van der Waals surface area contributed by atoms with E-state index in [2.05, 4.69) is 16.5 Å². The fourth-order valence-electron chi connectivity index (χ4n) is 1.02. The second-order valence-corrected chi connectivity index (χ2v) is 3.40. The first-order chi connectivity index (χ1) is 5.25. The molecule has 0 radical (unpaired) electrons. The lowest BCUT2D eigenvalue weighted by molar-refractivity contribution is 0.643. The van der Waals surface area contributed by atoms with Gasteiger partial charge in [0, 0.05) is 6.04 Å². The van der Waals surface area contributed by atoms with Gasteiger partial charge in [0.1, 0.15) is 0 Å². The van der Waals surface area contributed by atoms with Crippen LogP contribution in [0.25, 0.3) is 0 Å². The topological polar surface area (TPSA) is 51.8 Å². The highest BCUT2D eigenvalue weighted by molar-refractivity contribution is 7.05. The minimum Gasteiger partial charge on any atom is -0.323 e. The van der Waals surface area contributed by atoms with Crippen molar-refractivity contribution >= 4 is 11.5 Å². The summed E-state index contributed by atoms with van der Waals surface area (Å²) < 4.78 is 3.84. The van der Waals surface area contributed by atoms with Gasteiger partial charge in [0.25, 0.3) is 0 Å². The molecule has 0 aromatic carbocycles. The second-order valence-electron chi connectivity index (χ2n) is 2.62. The van der Waals surface area contributed by atoms with Gasteiger partial charge in [-0.1, -0.05) is 17.8 Å². The molecule has 1 rings (SSSR count). The summed E-state index contributed by atoms with van der Waals surface area (Å²) in [5.41, 5.74) is 6.86. The van der Waals surface area contributed by atoms with Gasteiger partial charge in [0.15, 0.2) is 0 Å². The van der Waals surface area contributed by atoms with Crippen LogP contribution in [0.5, 0.6) is 0 Å². The van der Waals surface area contributed by atoms with E-state index in [0.717, 1.165) is 23.4 Å². The number of hydrogen-bond acceptors (Lipinski definition) is 4. The third-order valence-electron chi connectivity index (χ3n) is 1.62. The molecular weight excluding hydrogens is 158 g/mol. The van der Waals surface area contributed by atoms with E-state index in [9.17, 15) is 0 Å². The predicted molar refractivity (Wildman–Crippen MR) is 46.5 cm³/mol. The Morgan fingerprint density at radius 2 is 2.36 bits per heavy atom. The molecule has 1 aromatic heterocycles. The van der Waals surface area contributed by atoms with Gasteiger partial charge in [0.05, 0.1) is 10.6 Å². The number of rotatable bonds is 3. The predicted octanol–water partition coefficient (Wildman–Crippen LogP) is 1.65. The molecule has 0 spiro atoms. The Labute approximate surface area is 70.8 Å². The fraction of sp³-hybridized carbons (Fsp3) is 0.714. The normalized spacial score (nSPS) is 13.4. The summed E-state index contributed by atoms with van der Waals surface area (Å²) in [6.45, 7) is 4.08. The first kappa shape index (κ1) is 8.62. The Hall–Kier alpha value is -0.480. The molecule has 0 aliphatic rings. The second kappa shape index (κ2) is 3.78. The number of aromatic nitrogens is 2. The summed E-state index contributed by atoms with van der Waals surface area (Å²) in [4.78, 5) is 1.13.